The number of aryl methyl sites for hydroxylation is 1. The van der Waals surface area contributed by atoms with E-state index in [1.807, 2.05) is 0 Å². The summed E-state index contributed by atoms with van der Waals surface area (Å²) in [5.41, 5.74) is 0.238. The summed E-state index contributed by atoms with van der Waals surface area (Å²) in [6.07, 6.45) is 1.28. The number of hydrogen-bond acceptors (Lipinski definition) is 6. The van der Waals surface area contributed by atoms with Crippen molar-refractivity contribution >= 4 is 31.2 Å². The highest BCUT2D eigenvalue weighted by Gasteiger charge is 2.28. The van der Waals surface area contributed by atoms with E-state index in [1.54, 1.807) is 0 Å². The summed E-state index contributed by atoms with van der Waals surface area (Å²) in [5.74, 6) is -0.301. The average Bonchev–Trinajstić information content (AvgIpc) is 2.69. The Bertz CT molecular complexity index is 753. The van der Waals surface area contributed by atoms with Gasteiger partial charge in [-0.15, -0.1) is 0 Å². The van der Waals surface area contributed by atoms with Crippen LogP contribution in [0.4, 0.5) is 0 Å². The second-order valence-electron chi connectivity index (χ2n) is 3.81. The molecular formula is C8H10N2O5S3. The van der Waals surface area contributed by atoms with E-state index < -0.39 is 30.8 Å². The Labute approximate surface area is 108 Å². The van der Waals surface area contributed by atoms with E-state index in [-0.39, 0.29) is 15.7 Å². The topological polar surface area (TPSA) is 113 Å². The number of rotatable bonds is 3. The highest BCUT2D eigenvalue weighted by atomic mass is 32.2. The second kappa shape index (κ2) is 4.30. The van der Waals surface area contributed by atoms with Gasteiger partial charge in [0.2, 0.25) is 0 Å². The van der Waals surface area contributed by atoms with Gasteiger partial charge >= 0.3 is 4.87 Å². The Morgan fingerprint density at radius 2 is 2.17 bits per heavy atom. The van der Waals surface area contributed by atoms with Gasteiger partial charge in [-0.05, 0) is 6.92 Å². The molecule has 1 aromatic heterocycles. The third-order valence-corrected chi connectivity index (χ3v) is 6.75. The summed E-state index contributed by atoms with van der Waals surface area (Å²) >= 11 is 0.569. The van der Waals surface area contributed by atoms with E-state index in [4.69, 9.17) is 0 Å². The Morgan fingerprint density at radius 3 is 2.61 bits per heavy atom. The van der Waals surface area contributed by atoms with E-state index in [9.17, 15) is 21.6 Å². The van der Waals surface area contributed by atoms with Gasteiger partial charge in [0.1, 0.15) is 0 Å². The van der Waals surface area contributed by atoms with Gasteiger partial charge in [-0.3, -0.25) is 4.79 Å². The zero-order valence-corrected chi connectivity index (χ0v) is 11.7. The molecule has 10 heteroatoms. The van der Waals surface area contributed by atoms with Gasteiger partial charge < -0.3 is 4.98 Å². The molecule has 1 aliphatic rings. The van der Waals surface area contributed by atoms with Crippen LogP contribution in [0, 0.1) is 6.92 Å². The summed E-state index contributed by atoms with van der Waals surface area (Å²) in [6.45, 7) is 1.47. The van der Waals surface area contributed by atoms with Crippen molar-refractivity contribution in [1.29, 1.82) is 0 Å². The van der Waals surface area contributed by atoms with Gasteiger partial charge in [0.15, 0.2) is 14.0 Å². The quantitative estimate of drug-likeness (QED) is 0.769. The zero-order valence-electron chi connectivity index (χ0n) is 9.21. The Morgan fingerprint density at radius 1 is 1.50 bits per heavy atom. The molecule has 2 N–H and O–H groups in total. The fourth-order valence-corrected chi connectivity index (χ4v) is 5.40. The molecule has 0 spiro atoms. The first kappa shape index (κ1) is 13.5. The lowest BCUT2D eigenvalue weighted by molar-refractivity contribution is 0.576. The minimum absolute atomic E-state index is 0.120. The van der Waals surface area contributed by atoms with E-state index in [2.05, 4.69) is 9.71 Å². The second-order valence-corrected chi connectivity index (χ2v) is 8.64. The third kappa shape index (κ3) is 2.71. The Kier molecular flexibility index (Phi) is 3.21. The van der Waals surface area contributed by atoms with Crippen LogP contribution in [0.2, 0.25) is 0 Å². The molecule has 1 unspecified atom stereocenters. The molecule has 0 aliphatic carbocycles. The molecule has 18 heavy (non-hydrogen) atoms. The van der Waals surface area contributed by atoms with E-state index >= 15 is 0 Å². The number of H-pyrrole nitrogens is 1. The standard InChI is InChI=1S/C8H10N2O5S3/c1-5-7(16-8(11)9-5)18(14,15)10-6-2-3-17(12,13)4-6/h2-3,6,10H,4H2,1H3,(H,9,11). The zero-order chi connectivity index (χ0) is 13.6. The average molecular weight is 310 g/mol. The summed E-state index contributed by atoms with van der Waals surface area (Å²) in [7, 11) is -7.21. The normalized spacial score (nSPS) is 22.4. The number of thiazole rings is 1. The molecular weight excluding hydrogens is 300 g/mol. The van der Waals surface area contributed by atoms with Gasteiger partial charge in [-0.1, -0.05) is 17.4 Å². The molecule has 1 aliphatic heterocycles. The third-order valence-electron chi connectivity index (χ3n) is 2.26. The van der Waals surface area contributed by atoms with E-state index in [0.29, 0.717) is 11.3 Å². The molecule has 0 saturated carbocycles. The first-order valence-corrected chi connectivity index (χ1v) is 8.84. The maximum absolute atomic E-state index is 11.9. The molecule has 0 fully saturated rings. The monoisotopic (exact) mass is 310 g/mol. The molecule has 100 valence electrons. The Balaban J connectivity index is 2.27. The number of sulfone groups is 1. The Hall–Kier alpha value is -0.970. The highest BCUT2D eigenvalue weighted by Crippen LogP contribution is 2.18. The molecule has 0 amide bonds. The molecule has 2 heterocycles. The minimum Gasteiger partial charge on any atom is -0.315 e. The number of sulfonamides is 1. The predicted molar refractivity (Wildman–Crippen MR) is 66.7 cm³/mol. The van der Waals surface area contributed by atoms with Crippen LogP contribution >= 0.6 is 11.3 Å². The number of aromatic amines is 1. The number of nitrogens with one attached hydrogen (secondary N) is 2. The van der Waals surface area contributed by atoms with Crippen molar-refractivity contribution in [2.45, 2.75) is 17.2 Å². The van der Waals surface area contributed by atoms with Crippen molar-refractivity contribution in [1.82, 2.24) is 9.71 Å². The van der Waals surface area contributed by atoms with E-state index in [1.165, 1.54) is 13.0 Å². The summed E-state index contributed by atoms with van der Waals surface area (Å²) in [5, 5.41) is 0.979. The lowest BCUT2D eigenvalue weighted by Gasteiger charge is -2.09. The number of hydrogen-bond donors (Lipinski definition) is 2. The van der Waals surface area contributed by atoms with Crippen LogP contribution in [0.3, 0.4) is 0 Å². The van der Waals surface area contributed by atoms with Gasteiger partial charge in [0.25, 0.3) is 10.0 Å². The number of aromatic nitrogens is 1. The summed E-state index contributed by atoms with van der Waals surface area (Å²) < 4.78 is 48.3. The molecule has 0 bridgehead atoms. The van der Waals surface area contributed by atoms with Crippen molar-refractivity contribution < 1.29 is 16.8 Å². The fourth-order valence-electron chi connectivity index (χ4n) is 1.55. The van der Waals surface area contributed by atoms with Crippen molar-refractivity contribution in [3.8, 4) is 0 Å². The van der Waals surface area contributed by atoms with Crippen LogP contribution in [0.15, 0.2) is 20.5 Å². The molecule has 7 nitrogen and oxygen atoms in total. The minimum atomic E-state index is -3.88. The van der Waals surface area contributed by atoms with E-state index in [0.717, 1.165) is 5.41 Å². The van der Waals surface area contributed by atoms with Gasteiger partial charge in [0, 0.05) is 11.1 Å². The van der Waals surface area contributed by atoms with Crippen LogP contribution < -0.4 is 9.60 Å². The van der Waals surface area contributed by atoms with Crippen molar-refractivity contribution in [2.24, 2.45) is 0 Å². The van der Waals surface area contributed by atoms with Gasteiger partial charge in [-0.2, -0.15) is 0 Å². The maximum atomic E-state index is 11.9. The largest absolute Gasteiger partial charge is 0.315 e. The van der Waals surface area contributed by atoms with Crippen LogP contribution in [0.1, 0.15) is 5.69 Å². The molecule has 2 rings (SSSR count). The molecule has 0 aromatic carbocycles. The van der Waals surface area contributed by atoms with Crippen LogP contribution in [-0.4, -0.2) is 33.6 Å². The molecule has 0 radical (unpaired) electrons. The SMILES string of the molecule is Cc1[nH]c(=O)sc1S(=O)(=O)NC1C=CS(=O)(=O)C1. The first-order chi connectivity index (χ1) is 8.20. The highest BCUT2D eigenvalue weighted by molar-refractivity contribution is 7.94. The predicted octanol–water partition coefficient (Wildman–Crippen LogP) is -0.666. The van der Waals surface area contributed by atoms with Crippen molar-refractivity contribution in [3.05, 3.63) is 26.8 Å². The maximum Gasteiger partial charge on any atom is 0.305 e. The van der Waals surface area contributed by atoms with Gasteiger partial charge in [0.05, 0.1) is 11.8 Å². The lowest BCUT2D eigenvalue weighted by Crippen LogP contribution is -2.35. The molecule has 1 atom stereocenters. The van der Waals surface area contributed by atoms with Crippen molar-refractivity contribution in [3.63, 3.8) is 0 Å². The molecule has 0 saturated heterocycles. The fraction of sp³-hybridized carbons (Fsp3) is 0.375. The van der Waals surface area contributed by atoms with Crippen molar-refractivity contribution in [2.75, 3.05) is 5.75 Å². The molecule has 1 aromatic rings. The smallest absolute Gasteiger partial charge is 0.305 e. The van der Waals surface area contributed by atoms with Crippen LogP contribution in [0.25, 0.3) is 0 Å². The van der Waals surface area contributed by atoms with Crippen LogP contribution in [-0.2, 0) is 19.9 Å². The lowest BCUT2D eigenvalue weighted by atomic mass is 10.4. The van der Waals surface area contributed by atoms with Crippen LogP contribution in [0.5, 0.6) is 0 Å². The van der Waals surface area contributed by atoms with Gasteiger partial charge in [-0.25, -0.2) is 21.6 Å². The first-order valence-electron chi connectivity index (χ1n) is 4.83. The summed E-state index contributed by atoms with van der Waals surface area (Å²) in [4.78, 5) is 13.0. The summed E-state index contributed by atoms with van der Waals surface area (Å²) in [6, 6.07) is -0.795.